The van der Waals surface area contributed by atoms with E-state index in [1.807, 2.05) is 24.3 Å². The molecular formula is C17H19NO3S2. The Morgan fingerprint density at radius 3 is 2.57 bits per heavy atom. The number of thioether (sulfide) groups is 1. The van der Waals surface area contributed by atoms with Gasteiger partial charge in [0.2, 0.25) is 0 Å². The van der Waals surface area contributed by atoms with E-state index in [0.717, 1.165) is 12.0 Å². The molecule has 0 saturated carbocycles. The normalized spacial score (nSPS) is 17.7. The van der Waals surface area contributed by atoms with E-state index in [4.69, 9.17) is 17.0 Å². The summed E-state index contributed by atoms with van der Waals surface area (Å²) in [6, 6.07) is 7.30. The predicted molar refractivity (Wildman–Crippen MR) is 96.9 cm³/mol. The first-order chi connectivity index (χ1) is 11.0. The first kappa shape index (κ1) is 17.7. The summed E-state index contributed by atoms with van der Waals surface area (Å²) in [7, 11) is 0. The highest BCUT2D eigenvalue weighted by atomic mass is 32.2. The number of ether oxygens (including phenoxy) is 1. The van der Waals surface area contributed by atoms with Gasteiger partial charge >= 0.3 is 5.97 Å². The van der Waals surface area contributed by atoms with E-state index in [-0.39, 0.29) is 12.5 Å². The lowest BCUT2D eigenvalue weighted by molar-refractivity contribution is -0.149. The molecule has 0 N–H and O–H groups in total. The second-order valence-electron chi connectivity index (χ2n) is 5.07. The van der Waals surface area contributed by atoms with Gasteiger partial charge in [0, 0.05) is 0 Å². The maximum atomic E-state index is 12.5. The lowest BCUT2D eigenvalue weighted by Gasteiger charge is -2.21. The summed E-state index contributed by atoms with van der Waals surface area (Å²) >= 11 is 6.46. The molecule has 23 heavy (non-hydrogen) atoms. The van der Waals surface area contributed by atoms with Crippen molar-refractivity contribution in [3.05, 3.63) is 40.3 Å². The van der Waals surface area contributed by atoms with Crippen molar-refractivity contribution in [3.8, 4) is 0 Å². The molecule has 0 spiro atoms. The Hall–Kier alpha value is -1.66. The molecule has 6 heteroatoms. The highest BCUT2D eigenvalue weighted by Gasteiger charge is 2.38. The molecule has 4 nitrogen and oxygen atoms in total. The van der Waals surface area contributed by atoms with E-state index in [1.54, 1.807) is 19.9 Å². The quantitative estimate of drug-likeness (QED) is 0.463. The number of carbonyl (C=O) groups is 2. The Labute approximate surface area is 145 Å². The number of thiocarbonyl (C=S) groups is 1. The molecule has 0 aromatic heterocycles. The number of amides is 1. The summed E-state index contributed by atoms with van der Waals surface area (Å²) in [5, 5.41) is 0. The standard InChI is InChI=1S/C17H19NO3S2/c1-4-12-6-8-13(9-7-12)10-14-15(19)18(17(22)23-14)11(3)16(20)21-5-2/h6-11H,4-5H2,1-3H3/b14-10-. The van der Waals surface area contributed by atoms with Gasteiger partial charge in [-0.25, -0.2) is 4.79 Å². The number of hydrogen-bond acceptors (Lipinski definition) is 5. The number of hydrogen-bond donors (Lipinski definition) is 0. The fraction of sp³-hybridized carbons (Fsp3) is 0.353. The Morgan fingerprint density at radius 1 is 1.35 bits per heavy atom. The van der Waals surface area contributed by atoms with Gasteiger partial charge in [-0.3, -0.25) is 9.69 Å². The molecule has 0 aliphatic carbocycles. The van der Waals surface area contributed by atoms with Crippen molar-refractivity contribution < 1.29 is 14.3 Å². The molecule has 1 fully saturated rings. The van der Waals surface area contributed by atoms with Gasteiger partial charge in [0.15, 0.2) is 0 Å². The van der Waals surface area contributed by atoms with Crippen molar-refractivity contribution in [3.63, 3.8) is 0 Å². The van der Waals surface area contributed by atoms with Crippen molar-refractivity contribution in [2.45, 2.75) is 33.2 Å². The summed E-state index contributed by atoms with van der Waals surface area (Å²) in [6.45, 7) is 5.73. The third kappa shape index (κ3) is 4.00. The first-order valence-electron chi connectivity index (χ1n) is 7.50. The van der Waals surface area contributed by atoms with Crippen molar-refractivity contribution in [2.24, 2.45) is 0 Å². The molecule has 1 heterocycles. The molecule has 1 aliphatic rings. The molecule has 122 valence electrons. The van der Waals surface area contributed by atoms with Gasteiger partial charge in [-0.2, -0.15) is 0 Å². The number of carbonyl (C=O) groups excluding carboxylic acids is 2. The van der Waals surface area contributed by atoms with E-state index in [9.17, 15) is 9.59 Å². The molecular weight excluding hydrogens is 330 g/mol. The van der Waals surface area contributed by atoms with Crippen LogP contribution in [0.3, 0.4) is 0 Å². The molecule has 1 aromatic rings. The van der Waals surface area contributed by atoms with E-state index in [1.165, 1.54) is 22.2 Å². The number of aryl methyl sites for hydroxylation is 1. The number of benzene rings is 1. The Morgan fingerprint density at radius 2 is 2.00 bits per heavy atom. The van der Waals surface area contributed by atoms with Gasteiger partial charge < -0.3 is 4.74 Å². The SMILES string of the molecule is CCOC(=O)C(C)N1C(=O)/C(=C/c2ccc(CC)cc2)SC1=S. The molecule has 0 radical (unpaired) electrons. The van der Waals surface area contributed by atoms with Crippen LogP contribution in [-0.4, -0.2) is 33.7 Å². The minimum atomic E-state index is -0.712. The molecule has 2 rings (SSSR count). The Balaban J connectivity index is 2.19. The monoisotopic (exact) mass is 349 g/mol. The van der Waals surface area contributed by atoms with Crippen molar-refractivity contribution in [1.82, 2.24) is 4.90 Å². The smallest absolute Gasteiger partial charge is 0.329 e. The minimum Gasteiger partial charge on any atom is -0.464 e. The summed E-state index contributed by atoms with van der Waals surface area (Å²) < 4.78 is 5.35. The van der Waals surface area contributed by atoms with Crippen LogP contribution in [0.4, 0.5) is 0 Å². The third-order valence-electron chi connectivity index (χ3n) is 3.52. The molecule has 1 amide bonds. The van der Waals surface area contributed by atoms with Gasteiger partial charge in [-0.15, -0.1) is 0 Å². The maximum Gasteiger partial charge on any atom is 0.329 e. The number of rotatable bonds is 5. The van der Waals surface area contributed by atoms with E-state index in [2.05, 4.69) is 6.92 Å². The van der Waals surface area contributed by atoms with Crippen molar-refractivity contribution >= 4 is 46.3 Å². The second-order valence-corrected chi connectivity index (χ2v) is 6.75. The minimum absolute atomic E-state index is 0.250. The van der Waals surface area contributed by atoms with Crippen molar-refractivity contribution in [1.29, 1.82) is 0 Å². The summed E-state index contributed by atoms with van der Waals surface area (Å²) in [5.41, 5.74) is 2.18. The molecule has 1 saturated heterocycles. The Bertz CT molecular complexity index is 652. The molecule has 1 aliphatic heterocycles. The van der Waals surface area contributed by atoms with Crippen LogP contribution in [0.1, 0.15) is 31.9 Å². The number of nitrogens with zero attached hydrogens (tertiary/aromatic N) is 1. The van der Waals surface area contributed by atoms with Crippen LogP contribution >= 0.6 is 24.0 Å². The lowest BCUT2D eigenvalue weighted by Crippen LogP contribution is -2.42. The van der Waals surface area contributed by atoms with Crippen LogP contribution in [0.5, 0.6) is 0 Å². The average Bonchev–Trinajstić information content (AvgIpc) is 2.81. The highest BCUT2D eigenvalue weighted by molar-refractivity contribution is 8.26. The molecule has 1 aromatic carbocycles. The van der Waals surface area contributed by atoms with Gasteiger partial charge in [-0.05, 0) is 37.5 Å². The van der Waals surface area contributed by atoms with Crippen LogP contribution in [0.2, 0.25) is 0 Å². The van der Waals surface area contributed by atoms with E-state index >= 15 is 0 Å². The van der Waals surface area contributed by atoms with Gasteiger partial charge in [0.05, 0.1) is 11.5 Å². The summed E-state index contributed by atoms with van der Waals surface area (Å²) in [6.07, 6.45) is 2.77. The van der Waals surface area contributed by atoms with E-state index < -0.39 is 12.0 Å². The predicted octanol–water partition coefficient (Wildman–Crippen LogP) is 3.40. The van der Waals surface area contributed by atoms with Gasteiger partial charge in [0.1, 0.15) is 10.4 Å². The largest absolute Gasteiger partial charge is 0.464 e. The topological polar surface area (TPSA) is 46.6 Å². The van der Waals surface area contributed by atoms with Crippen LogP contribution in [0, 0.1) is 0 Å². The van der Waals surface area contributed by atoms with Crippen LogP contribution in [0.15, 0.2) is 29.2 Å². The third-order valence-corrected chi connectivity index (χ3v) is 4.85. The van der Waals surface area contributed by atoms with Crippen molar-refractivity contribution in [2.75, 3.05) is 6.61 Å². The van der Waals surface area contributed by atoms with Crippen LogP contribution < -0.4 is 0 Å². The summed E-state index contributed by atoms with van der Waals surface area (Å²) in [5.74, 6) is -0.697. The zero-order valence-corrected chi connectivity index (χ0v) is 15.0. The second kappa shape index (κ2) is 7.75. The van der Waals surface area contributed by atoms with Gasteiger partial charge in [0.25, 0.3) is 5.91 Å². The molecule has 1 atom stereocenters. The zero-order chi connectivity index (χ0) is 17.0. The lowest BCUT2D eigenvalue weighted by atomic mass is 10.1. The van der Waals surface area contributed by atoms with Crippen LogP contribution in [-0.2, 0) is 20.7 Å². The fourth-order valence-electron chi connectivity index (χ4n) is 2.18. The van der Waals surface area contributed by atoms with Gasteiger partial charge in [-0.1, -0.05) is 55.2 Å². The molecule has 0 bridgehead atoms. The number of esters is 1. The Kier molecular flexibility index (Phi) is 5.96. The fourth-order valence-corrected chi connectivity index (χ4v) is 3.60. The molecule has 1 unspecified atom stereocenters. The summed E-state index contributed by atoms with van der Waals surface area (Å²) in [4.78, 5) is 26.2. The average molecular weight is 349 g/mol. The van der Waals surface area contributed by atoms with Crippen LogP contribution in [0.25, 0.3) is 6.08 Å². The maximum absolute atomic E-state index is 12.5. The van der Waals surface area contributed by atoms with E-state index in [0.29, 0.717) is 9.23 Å². The highest BCUT2D eigenvalue weighted by Crippen LogP contribution is 2.34. The first-order valence-corrected chi connectivity index (χ1v) is 8.73. The zero-order valence-electron chi connectivity index (χ0n) is 13.4.